The normalized spacial score (nSPS) is 30.3. The highest BCUT2D eigenvalue weighted by atomic mass is 35.5. The quantitative estimate of drug-likeness (QED) is 0.784. The second kappa shape index (κ2) is 7.62. The molecule has 2 aliphatic rings. The molecule has 128 valence electrons. The van der Waals surface area contributed by atoms with E-state index in [1.54, 1.807) is 0 Å². The van der Waals surface area contributed by atoms with E-state index in [4.69, 9.17) is 5.73 Å². The molecule has 5 nitrogen and oxygen atoms in total. The van der Waals surface area contributed by atoms with E-state index >= 15 is 0 Å². The van der Waals surface area contributed by atoms with Gasteiger partial charge in [-0.05, 0) is 44.4 Å². The van der Waals surface area contributed by atoms with Crippen molar-refractivity contribution in [2.24, 2.45) is 11.7 Å². The molecule has 2 fully saturated rings. The molecule has 6 heteroatoms. The standard InChI is InChI=1S/C17H26N4O.ClH/c1-11-16(12(2)20-19-11)15-4-3-9-21(15)17(22)14-7-5-13(10-18)6-8-14;/h5-8,11-12,15-16,19-20H,3-4,9-10,18H2,1-2H3;1H. The smallest absolute Gasteiger partial charge is 0.254 e. The van der Waals surface area contributed by atoms with Gasteiger partial charge < -0.3 is 10.6 Å². The highest BCUT2D eigenvalue weighted by molar-refractivity contribution is 5.94. The lowest BCUT2D eigenvalue weighted by Gasteiger charge is -2.33. The van der Waals surface area contributed by atoms with Crippen molar-refractivity contribution in [2.45, 2.75) is 51.4 Å². The predicted molar refractivity (Wildman–Crippen MR) is 94.3 cm³/mol. The molecule has 0 aliphatic carbocycles. The molecule has 2 saturated heterocycles. The number of carbonyl (C=O) groups is 1. The number of hydrazine groups is 1. The first-order valence-electron chi connectivity index (χ1n) is 8.23. The first-order chi connectivity index (χ1) is 10.6. The molecule has 1 aromatic rings. The third-order valence-electron chi connectivity index (χ3n) is 5.13. The number of nitrogens with two attached hydrogens (primary N) is 1. The zero-order chi connectivity index (χ0) is 15.7. The number of hydrogen-bond acceptors (Lipinski definition) is 4. The molecule has 3 rings (SSSR count). The van der Waals surface area contributed by atoms with Gasteiger partial charge in [-0.1, -0.05) is 12.1 Å². The highest BCUT2D eigenvalue weighted by Crippen LogP contribution is 2.31. The van der Waals surface area contributed by atoms with Crippen LogP contribution in [0, 0.1) is 5.92 Å². The minimum atomic E-state index is 0. The van der Waals surface area contributed by atoms with Crippen molar-refractivity contribution in [2.75, 3.05) is 6.54 Å². The summed E-state index contributed by atoms with van der Waals surface area (Å²) in [5.41, 5.74) is 14.1. The molecule has 1 aromatic carbocycles. The molecule has 23 heavy (non-hydrogen) atoms. The van der Waals surface area contributed by atoms with Crippen LogP contribution in [0.4, 0.5) is 0 Å². The molecular formula is C17H27ClN4O. The SMILES string of the molecule is CC1NNC(C)C1C1CCCN1C(=O)c1ccc(CN)cc1.Cl. The second-order valence-electron chi connectivity index (χ2n) is 6.55. The number of rotatable bonds is 3. The molecule has 0 spiro atoms. The van der Waals surface area contributed by atoms with Crippen LogP contribution in [0.3, 0.4) is 0 Å². The number of nitrogens with one attached hydrogen (secondary N) is 2. The Balaban J connectivity index is 0.00000192. The van der Waals surface area contributed by atoms with Crippen molar-refractivity contribution in [1.29, 1.82) is 0 Å². The Bertz CT molecular complexity index is 526. The summed E-state index contributed by atoms with van der Waals surface area (Å²) in [7, 11) is 0. The molecule has 0 bridgehead atoms. The number of amides is 1. The van der Waals surface area contributed by atoms with Crippen LogP contribution in [-0.4, -0.2) is 35.5 Å². The Morgan fingerprint density at radius 2 is 1.83 bits per heavy atom. The monoisotopic (exact) mass is 338 g/mol. The van der Waals surface area contributed by atoms with E-state index in [2.05, 4.69) is 29.6 Å². The first kappa shape index (κ1) is 18.2. The fourth-order valence-electron chi connectivity index (χ4n) is 3.95. The first-order valence-corrected chi connectivity index (χ1v) is 8.23. The van der Waals surface area contributed by atoms with Gasteiger partial charge in [-0.2, -0.15) is 0 Å². The van der Waals surface area contributed by atoms with Crippen LogP contribution < -0.4 is 16.6 Å². The van der Waals surface area contributed by atoms with Gasteiger partial charge in [-0.3, -0.25) is 15.6 Å². The number of carbonyl (C=O) groups excluding carboxylic acids is 1. The lowest BCUT2D eigenvalue weighted by atomic mass is 9.87. The summed E-state index contributed by atoms with van der Waals surface area (Å²) in [5.74, 6) is 0.604. The van der Waals surface area contributed by atoms with Gasteiger partial charge in [0.05, 0.1) is 0 Å². The molecule has 3 unspecified atom stereocenters. The van der Waals surface area contributed by atoms with Crippen LogP contribution in [0.1, 0.15) is 42.6 Å². The minimum absolute atomic E-state index is 0. The fraction of sp³-hybridized carbons (Fsp3) is 0.588. The van der Waals surface area contributed by atoms with Gasteiger partial charge in [-0.25, -0.2) is 0 Å². The Morgan fingerprint density at radius 1 is 1.22 bits per heavy atom. The Labute approximate surface area is 144 Å². The Kier molecular flexibility index (Phi) is 6.03. The van der Waals surface area contributed by atoms with Crippen LogP contribution >= 0.6 is 12.4 Å². The molecule has 2 aliphatic heterocycles. The van der Waals surface area contributed by atoms with Gasteiger partial charge in [0.15, 0.2) is 0 Å². The van der Waals surface area contributed by atoms with Crippen molar-refractivity contribution >= 4 is 18.3 Å². The largest absolute Gasteiger partial charge is 0.335 e. The lowest BCUT2D eigenvalue weighted by Crippen LogP contribution is -2.46. The summed E-state index contributed by atoms with van der Waals surface area (Å²) in [6.07, 6.45) is 2.18. The summed E-state index contributed by atoms with van der Waals surface area (Å²) in [6.45, 7) is 5.75. The van der Waals surface area contributed by atoms with E-state index in [1.165, 1.54) is 0 Å². The molecule has 1 amide bonds. The van der Waals surface area contributed by atoms with Gasteiger partial charge in [0.1, 0.15) is 0 Å². The molecule has 4 N–H and O–H groups in total. The van der Waals surface area contributed by atoms with Crippen molar-refractivity contribution in [3.8, 4) is 0 Å². The Hall–Kier alpha value is -1.14. The van der Waals surface area contributed by atoms with E-state index in [0.29, 0.717) is 30.6 Å². The topological polar surface area (TPSA) is 70.4 Å². The van der Waals surface area contributed by atoms with Crippen LogP contribution in [0.15, 0.2) is 24.3 Å². The van der Waals surface area contributed by atoms with Crippen LogP contribution in [0.2, 0.25) is 0 Å². The predicted octanol–water partition coefficient (Wildman–Crippen LogP) is 1.67. The average Bonchev–Trinajstić information content (AvgIpc) is 3.13. The van der Waals surface area contributed by atoms with Crippen LogP contribution in [0.5, 0.6) is 0 Å². The van der Waals surface area contributed by atoms with E-state index in [9.17, 15) is 4.79 Å². The van der Waals surface area contributed by atoms with Gasteiger partial charge in [0.25, 0.3) is 5.91 Å². The van der Waals surface area contributed by atoms with Gasteiger partial charge in [0.2, 0.25) is 0 Å². The van der Waals surface area contributed by atoms with E-state index < -0.39 is 0 Å². The number of benzene rings is 1. The molecule has 3 atom stereocenters. The molecule has 0 aromatic heterocycles. The van der Waals surface area contributed by atoms with Gasteiger partial charge >= 0.3 is 0 Å². The third kappa shape index (κ3) is 3.53. The minimum Gasteiger partial charge on any atom is -0.335 e. The number of likely N-dealkylation sites (tertiary alicyclic amines) is 1. The zero-order valence-corrected chi connectivity index (χ0v) is 14.6. The molecule has 0 radical (unpaired) electrons. The molecule has 0 saturated carbocycles. The van der Waals surface area contributed by atoms with E-state index in [1.807, 2.05) is 24.3 Å². The third-order valence-corrected chi connectivity index (χ3v) is 5.13. The summed E-state index contributed by atoms with van der Waals surface area (Å²) >= 11 is 0. The second-order valence-corrected chi connectivity index (χ2v) is 6.55. The number of hydrogen-bond donors (Lipinski definition) is 3. The average molecular weight is 339 g/mol. The maximum absolute atomic E-state index is 12.9. The van der Waals surface area contributed by atoms with Crippen LogP contribution in [0.25, 0.3) is 0 Å². The van der Waals surface area contributed by atoms with Crippen molar-refractivity contribution in [3.63, 3.8) is 0 Å². The van der Waals surface area contributed by atoms with E-state index in [-0.39, 0.29) is 18.3 Å². The summed E-state index contributed by atoms with van der Waals surface area (Å²) in [5, 5.41) is 0. The van der Waals surface area contributed by atoms with Crippen LogP contribution in [-0.2, 0) is 6.54 Å². The van der Waals surface area contributed by atoms with Crippen molar-refractivity contribution < 1.29 is 4.79 Å². The molecular weight excluding hydrogens is 312 g/mol. The van der Waals surface area contributed by atoms with E-state index in [0.717, 1.165) is 30.5 Å². The van der Waals surface area contributed by atoms with Gasteiger partial charge in [0, 0.05) is 42.7 Å². The number of nitrogens with zero attached hydrogens (tertiary/aromatic N) is 1. The van der Waals surface area contributed by atoms with Crippen molar-refractivity contribution in [3.05, 3.63) is 35.4 Å². The van der Waals surface area contributed by atoms with Gasteiger partial charge in [-0.15, -0.1) is 12.4 Å². The fourth-order valence-corrected chi connectivity index (χ4v) is 3.95. The maximum Gasteiger partial charge on any atom is 0.254 e. The van der Waals surface area contributed by atoms with Crippen molar-refractivity contribution in [1.82, 2.24) is 15.8 Å². The molecule has 2 heterocycles. The zero-order valence-electron chi connectivity index (χ0n) is 13.8. The Morgan fingerprint density at radius 3 is 2.39 bits per heavy atom. The maximum atomic E-state index is 12.9. The summed E-state index contributed by atoms with van der Waals surface area (Å²) in [4.78, 5) is 15.0. The highest BCUT2D eigenvalue weighted by Gasteiger charge is 2.42. The summed E-state index contributed by atoms with van der Waals surface area (Å²) < 4.78 is 0. The lowest BCUT2D eigenvalue weighted by molar-refractivity contribution is 0.0674. The number of halogens is 1. The summed E-state index contributed by atoms with van der Waals surface area (Å²) in [6, 6.07) is 8.77.